The molecule has 0 saturated heterocycles. The van der Waals surface area contributed by atoms with Gasteiger partial charge in [-0.25, -0.2) is 4.79 Å². The van der Waals surface area contributed by atoms with Gasteiger partial charge in [-0.3, -0.25) is 0 Å². The van der Waals surface area contributed by atoms with Crippen molar-refractivity contribution in [3.8, 4) is 0 Å². The van der Waals surface area contributed by atoms with Gasteiger partial charge >= 0.3 is 5.97 Å². The molecule has 0 fully saturated rings. The zero-order valence-electron chi connectivity index (χ0n) is 18.4. The molecule has 0 unspecified atom stereocenters. The highest BCUT2D eigenvalue weighted by molar-refractivity contribution is 6.23. The molecule has 0 radical (unpaired) electrons. The second kappa shape index (κ2) is 9.79. The van der Waals surface area contributed by atoms with E-state index in [0.29, 0.717) is 19.8 Å². The Bertz CT molecular complexity index is 1190. The van der Waals surface area contributed by atoms with Crippen molar-refractivity contribution in [3.05, 3.63) is 60.2 Å². The summed E-state index contributed by atoms with van der Waals surface area (Å²) in [5.41, 5.74) is 0.201. The van der Waals surface area contributed by atoms with E-state index in [1.54, 1.807) is 14.0 Å². The summed E-state index contributed by atoms with van der Waals surface area (Å²) < 4.78 is 22.2. The lowest BCUT2D eigenvalue weighted by Gasteiger charge is -2.29. The van der Waals surface area contributed by atoms with Crippen LogP contribution in [0.25, 0.3) is 32.3 Å². The molecule has 0 saturated carbocycles. The quantitative estimate of drug-likeness (QED) is 0.258. The Morgan fingerprint density at radius 2 is 1.53 bits per heavy atom. The van der Waals surface area contributed by atoms with Gasteiger partial charge in [0.25, 0.3) is 0 Å². The zero-order chi connectivity index (χ0) is 22.6. The fourth-order valence-corrected chi connectivity index (χ4v) is 4.09. The minimum atomic E-state index is -1.03. The number of ether oxygens (including phenoxy) is 4. The van der Waals surface area contributed by atoms with Crippen molar-refractivity contribution in [2.75, 3.05) is 40.1 Å². The standard InChI is InChI=1S/C26H28O6/c1-26(32-15-23(27)28,16-30-13-12-29-2)17-31-14-21-9-8-20-7-6-18-4-3-5-19-10-11-22(21)25(20)24(18)19/h3-11H,12-17H2,1-2H3,(H,27,28)/t26-/m0/s1. The number of carbonyl (C=O) groups is 1. The van der Waals surface area contributed by atoms with E-state index in [1.165, 1.54) is 26.9 Å². The third-order valence-corrected chi connectivity index (χ3v) is 5.67. The molecule has 0 aromatic heterocycles. The van der Waals surface area contributed by atoms with E-state index in [4.69, 9.17) is 24.1 Å². The fraction of sp³-hybridized carbons (Fsp3) is 0.346. The second-order valence-electron chi connectivity index (χ2n) is 8.25. The number of carboxylic acids is 1. The Hall–Kier alpha value is -2.77. The van der Waals surface area contributed by atoms with Gasteiger partial charge in [0.05, 0.1) is 33.0 Å². The van der Waals surface area contributed by atoms with Crippen LogP contribution in [0.1, 0.15) is 12.5 Å². The maximum atomic E-state index is 11.0. The van der Waals surface area contributed by atoms with Crippen LogP contribution in [-0.4, -0.2) is 56.8 Å². The van der Waals surface area contributed by atoms with Gasteiger partial charge in [0.1, 0.15) is 12.2 Å². The summed E-state index contributed by atoms with van der Waals surface area (Å²) in [6.07, 6.45) is 0. The molecule has 6 heteroatoms. The highest BCUT2D eigenvalue weighted by Crippen LogP contribution is 2.36. The predicted molar refractivity (Wildman–Crippen MR) is 124 cm³/mol. The Balaban J connectivity index is 1.52. The number of rotatable bonds is 12. The van der Waals surface area contributed by atoms with Crippen molar-refractivity contribution < 1.29 is 28.8 Å². The fourth-order valence-electron chi connectivity index (χ4n) is 4.09. The molecular weight excluding hydrogens is 408 g/mol. The second-order valence-corrected chi connectivity index (χ2v) is 8.25. The zero-order valence-corrected chi connectivity index (χ0v) is 18.4. The summed E-state index contributed by atoms with van der Waals surface area (Å²) in [5, 5.41) is 16.3. The first-order valence-corrected chi connectivity index (χ1v) is 10.7. The van der Waals surface area contributed by atoms with Crippen LogP contribution in [0.2, 0.25) is 0 Å². The first-order valence-electron chi connectivity index (χ1n) is 10.7. The van der Waals surface area contributed by atoms with Crippen LogP contribution in [-0.2, 0) is 30.3 Å². The van der Waals surface area contributed by atoms with Gasteiger partial charge in [-0.2, -0.15) is 0 Å². The normalized spacial score (nSPS) is 13.8. The third kappa shape index (κ3) is 4.84. The average Bonchev–Trinajstić information content (AvgIpc) is 2.80. The van der Waals surface area contributed by atoms with Gasteiger partial charge < -0.3 is 24.1 Å². The lowest BCUT2D eigenvalue weighted by molar-refractivity contribution is -0.162. The molecule has 0 amide bonds. The maximum Gasteiger partial charge on any atom is 0.329 e. The summed E-state index contributed by atoms with van der Waals surface area (Å²) in [6, 6.07) is 19.2. The van der Waals surface area contributed by atoms with Gasteiger partial charge in [0.2, 0.25) is 0 Å². The van der Waals surface area contributed by atoms with E-state index in [9.17, 15) is 4.79 Å². The monoisotopic (exact) mass is 436 g/mol. The van der Waals surface area contributed by atoms with E-state index in [1.807, 2.05) is 0 Å². The van der Waals surface area contributed by atoms with Crippen molar-refractivity contribution in [1.29, 1.82) is 0 Å². The Labute approximate surface area is 187 Å². The molecule has 32 heavy (non-hydrogen) atoms. The predicted octanol–water partition coefficient (Wildman–Crippen LogP) is 4.62. The van der Waals surface area contributed by atoms with Gasteiger partial charge in [-0.15, -0.1) is 0 Å². The van der Waals surface area contributed by atoms with Gasteiger partial charge in [-0.1, -0.05) is 54.6 Å². The van der Waals surface area contributed by atoms with Crippen LogP contribution in [0.3, 0.4) is 0 Å². The number of hydrogen-bond donors (Lipinski definition) is 1. The number of aliphatic carboxylic acids is 1. The van der Waals surface area contributed by atoms with Crippen LogP contribution < -0.4 is 0 Å². The highest BCUT2D eigenvalue weighted by Gasteiger charge is 2.27. The van der Waals surface area contributed by atoms with Crippen molar-refractivity contribution in [2.45, 2.75) is 19.1 Å². The van der Waals surface area contributed by atoms with Crippen molar-refractivity contribution in [1.82, 2.24) is 0 Å². The lowest BCUT2D eigenvalue weighted by Crippen LogP contribution is -2.41. The van der Waals surface area contributed by atoms with Crippen molar-refractivity contribution >= 4 is 38.3 Å². The molecule has 1 N–H and O–H groups in total. The first kappa shape index (κ1) is 22.4. The average molecular weight is 437 g/mol. The van der Waals surface area contributed by atoms with Crippen molar-refractivity contribution in [3.63, 3.8) is 0 Å². The van der Waals surface area contributed by atoms with Gasteiger partial charge in [0, 0.05) is 7.11 Å². The van der Waals surface area contributed by atoms with E-state index >= 15 is 0 Å². The van der Waals surface area contributed by atoms with Crippen LogP contribution in [0, 0.1) is 0 Å². The summed E-state index contributed by atoms with van der Waals surface area (Å²) in [5.74, 6) is -1.03. The summed E-state index contributed by atoms with van der Waals surface area (Å²) >= 11 is 0. The topological polar surface area (TPSA) is 74.2 Å². The lowest BCUT2D eigenvalue weighted by atomic mass is 9.92. The molecule has 4 aromatic rings. The number of benzene rings is 4. The van der Waals surface area contributed by atoms with Gasteiger partial charge in [0.15, 0.2) is 0 Å². The van der Waals surface area contributed by atoms with Gasteiger partial charge in [-0.05, 0) is 44.8 Å². The van der Waals surface area contributed by atoms with Crippen LogP contribution in [0.4, 0.5) is 0 Å². The number of methoxy groups -OCH3 is 1. The number of carboxylic acid groups (broad SMARTS) is 1. The molecular formula is C26H28O6. The largest absolute Gasteiger partial charge is 0.480 e. The molecule has 0 spiro atoms. The van der Waals surface area contributed by atoms with Crippen molar-refractivity contribution in [2.24, 2.45) is 0 Å². The molecule has 168 valence electrons. The van der Waals surface area contributed by atoms with E-state index in [2.05, 4.69) is 54.6 Å². The van der Waals surface area contributed by atoms with Crippen LogP contribution in [0.15, 0.2) is 54.6 Å². The van der Waals surface area contributed by atoms with E-state index in [-0.39, 0.29) is 13.2 Å². The minimum absolute atomic E-state index is 0.204. The Morgan fingerprint density at radius 1 is 0.875 bits per heavy atom. The van der Waals surface area contributed by atoms with Crippen LogP contribution >= 0.6 is 0 Å². The molecule has 4 aromatic carbocycles. The molecule has 0 bridgehead atoms. The molecule has 0 heterocycles. The summed E-state index contributed by atoms with van der Waals surface area (Å²) in [7, 11) is 1.60. The number of hydrogen-bond acceptors (Lipinski definition) is 5. The minimum Gasteiger partial charge on any atom is -0.480 e. The van der Waals surface area contributed by atoms with E-state index < -0.39 is 18.2 Å². The molecule has 0 aliphatic carbocycles. The Kier molecular flexibility index (Phi) is 6.86. The SMILES string of the molecule is COCCOC[C@@](C)(COCc1ccc2ccc3cccc4ccc1c2c34)OCC(=O)O. The molecule has 1 atom stereocenters. The first-order chi connectivity index (χ1) is 15.5. The Morgan fingerprint density at radius 3 is 2.25 bits per heavy atom. The molecule has 4 rings (SSSR count). The summed E-state index contributed by atoms with van der Waals surface area (Å²) in [6.45, 7) is 3.05. The third-order valence-electron chi connectivity index (χ3n) is 5.67. The highest BCUT2D eigenvalue weighted by atomic mass is 16.6. The summed E-state index contributed by atoms with van der Waals surface area (Å²) in [4.78, 5) is 11.0. The van der Waals surface area contributed by atoms with E-state index in [0.717, 1.165) is 10.9 Å². The molecule has 0 aliphatic rings. The maximum absolute atomic E-state index is 11.0. The molecule has 0 aliphatic heterocycles. The molecule has 6 nitrogen and oxygen atoms in total. The smallest absolute Gasteiger partial charge is 0.329 e. The van der Waals surface area contributed by atoms with Crippen LogP contribution in [0.5, 0.6) is 0 Å².